The van der Waals surface area contributed by atoms with Gasteiger partial charge in [-0.05, 0) is 24.3 Å². The van der Waals surface area contributed by atoms with Crippen LogP contribution in [0.25, 0.3) is 33.2 Å². The molecule has 48 heavy (non-hydrogen) atoms. The van der Waals surface area contributed by atoms with E-state index in [0.717, 1.165) is 0 Å². The van der Waals surface area contributed by atoms with E-state index < -0.39 is 35.1 Å². The fourth-order valence-corrected chi connectivity index (χ4v) is 4.96. The number of H-pyrrole nitrogens is 2. The zero-order chi connectivity index (χ0) is 33.6. The molecule has 1 aromatic carbocycles. The van der Waals surface area contributed by atoms with Crippen LogP contribution in [-0.2, 0) is 12.4 Å². The number of pyridine rings is 2. The van der Waals surface area contributed by atoms with Crippen molar-refractivity contribution in [2.75, 3.05) is 21.7 Å². The molecule has 7 aromatic rings. The highest BCUT2D eigenvalue weighted by Crippen LogP contribution is 2.39. The minimum Gasteiger partial charge on any atom is -0.368 e. The van der Waals surface area contributed by atoms with Crippen LogP contribution in [0, 0.1) is 0 Å². The average Bonchev–Trinajstić information content (AvgIpc) is 3.64. The highest BCUT2D eigenvalue weighted by molar-refractivity contribution is 6.04. The van der Waals surface area contributed by atoms with Gasteiger partial charge in [-0.1, -0.05) is 18.2 Å². The summed E-state index contributed by atoms with van der Waals surface area (Å²) in [5, 5.41) is 9.40. The van der Waals surface area contributed by atoms with Crippen LogP contribution in [0.15, 0.2) is 79.6 Å². The second-order valence-corrected chi connectivity index (χ2v) is 10.3. The molecule has 18 heteroatoms. The van der Waals surface area contributed by atoms with Crippen molar-refractivity contribution in [3.05, 3.63) is 90.8 Å². The summed E-state index contributed by atoms with van der Waals surface area (Å²) < 4.78 is 81.9. The third-order valence-corrected chi connectivity index (χ3v) is 7.11. The van der Waals surface area contributed by atoms with Crippen molar-refractivity contribution in [3.8, 4) is 11.1 Å². The summed E-state index contributed by atoms with van der Waals surface area (Å²) in [5.74, 6) is -1.43. The molecule has 0 fully saturated rings. The zero-order valence-corrected chi connectivity index (χ0v) is 24.0. The number of hydrogen-bond donors (Lipinski definition) is 6. The van der Waals surface area contributed by atoms with E-state index >= 15 is 0 Å². The molecule has 242 valence electrons. The Labute approximate surface area is 264 Å². The first-order chi connectivity index (χ1) is 22.9. The second kappa shape index (κ2) is 11.4. The third-order valence-electron chi connectivity index (χ3n) is 7.11. The molecule has 0 spiro atoms. The van der Waals surface area contributed by atoms with Gasteiger partial charge in [0, 0.05) is 52.4 Å². The number of anilines is 7. The zero-order valence-electron chi connectivity index (χ0n) is 24.0. The minimum absolute atomic E-state index is 0.115. The fraction of sp³-hybridized carbons (Fsp3) is 0.0667. The Kier molecular flexibility index (Phi) is 7.18. The maximum absolute atomic E-state index is 13.7. The van der Waals surface area contributed by atoms with Crippen molar-refractivity contribution >= 4 is 62.7 Å². The molecule has 7 rings (SSSR count). The second-order valence-electron chi connectivity index (χ2n) is 10.3. The SMILES string of the molecule is Nc1ncc(C(F)(F)F)c(Nc2cnc3[nH]cc(-c4c[nH]c5ncc(Nc6ncc(C(F)(F)F)c(Nc7ccccc7)n6)cc45)c3c2)n1. The summed E-state index contributed by atoms with van der Waals surface area (Å²) in [6.45, 7) is 0. The topological polar surface area (TPSA) is 171 Å². The first kappa shape index (κ1) is 30.2. The molecule has 0 unspecified atom stereocenters. The summed E-state index contributed by atoms with van der Waals surface area (Å²) in [6, 6.07) is 11.6. The van der Waals surface area contributed by atoms with E-state index in [1.165, 1.54) is 12.4 Å². The van der Waals surface area contributed by atoms with Crippen LogP contribution in [0.4, 0.5) is 66.9 Å². The molecule has 0 aliphatic carbocycles. The molecule has 6 heterocycles. The number of fused-ring (bicyclic) bond motifs is 2. The van der Waals surface area contributed by atoms with Gasteiger partial charge in [0.2, 0.25) is 11.9 Å². The van der Waals surface area contributed by atoms with E-state index in [1.807, 2.05) is 0 Å². The third kappa shape index (κ3) is 5.93. The molecular formula is C30H20F6N12. The van der Waals surface area contributed by atoms with Crippen molar-refractivity contribution in [1.82, 2.24) is 39.9 Å². The van der Waals surface area contributed by atoms with Gasteiger partial charge in [-0.2, -0.15) is 36.3 Å². The predicted octanol–water partition coefficient (Wildman–Crippen LogP) is 7.54. The van der Waals surface area contributed by atoms with Crippen LogP contribution < -0.4 is 21.7 Å². The lowest BCUT2D eigenvalue weighted by Crippen LogP contribution is -2.12. The van der Waals surface area contributed by atoms with Crippen molar-refractivity contribution in [1.29, 1.82) is 0 Å². The highest BCUT2D eigenvalue weighted by Gasteiger charge is 2.36. The lowest BCUT2D eigenvalue weighted by atomic mass is 10.1. The van der Waals surface area contributed by atoms with Gasteiger partial charge in [-0.25, -0.2) is 19.9 Å². The van der Waals surface area contributed by atoms with Gasteiger partial charge in [0.25, 0.3) is 0 Å². The van der Waals surface area contributed by atoms with Crippen LogP contribution in [-0.4, -0.2) is 39.9 Å². The number of nitrogens with zero attached hydrogens (tertiary/aromatic N) is 6. The minimum atomic E-state index is -4.74. The number of alkyl halides is 6. The molecule has 0 saturated carbocycles. The molecule has 7 N–H and O–H groups in total. The van der Waals surface area contributed by atoms with E-state index in [9.17, 15) is 26.3 Å². The molecule has 0 saturated heterocycles. The van der Waals surface area contributed by atoms with Crippen LogP contribution in [0.5, 0.6) is 0 Å². The number of rotatable bonds is 7. The summed E-state index contributed by atoms with van der Waals surface area (Å²) in [5.41, 5.74) is 6.58. The number of aromatic nitrogens is 8. The van der Waals surface area contributed by atoms with Gasteiger partial charge in [0.05, 0.1) is 23.8 Å². The van der Waals surface area contributed by atoms with Gasteiger partial charge in [-0.15, -0.1) is 0 Å². The van der Waals surface area contributed by atoms with Gasteiger partial charge in [0.15, 0.2) is 0 Å². The Balaban J connectivity index is 1.22. The lowest BCUT2D eigenvalue weighted by molar-refractivity contribution is -0.138. The molecule has 0 atom stereocenters. The first-order valence-corrected chi connectivity index (χ1v) is 13.9. The first-order valence-electron chi connectivity index (χ1n) is 13.9. The Morgan fingerprint density at radius 2 is 1.10 bits per heavy atom. The Hall–Kier alpha value is -6.46. The molecule has 0 aliphatic rings. The monoisotopic (exact) mass is 662 g/mol. The van der Waals surface area contributed by atoms with Crippen molar-refractivity contribution in [3.63, 3.8) is 0 Å². The molecule has 0 bridgehead atoms. The number of benzene rings is 1. The van der Waals surface area contributed by atoms with Crippen LogP contribution in [0.1, 0.15) is 11.1 Å². The number of para-hydroxylation sites is 1. The molecule has 0 aliphatic heterocycles. The van der Waals surface area contributed by atoms with Gasteiger partial charge in [0.1, 0.15) is 34.1 Å². The van der Waals surface area contributed by atoms with Crippen molar-refractivity contribution in [2.45, 2.75) is 12.4 Å². The van der Waals surface area contributed by atoms with E-state index in [2.05, 4.69) is 55.8 Å². The van der Waals surface area contributed by atoms with E-state index in [0.29, 0.717) is 57.0 Å². The average molecular weight is 663 g/mol. The molecular weight excluding hydrogens is 642 g/mol. The summed E-state index contributed by atoms with van der Waals surface area (Å²) in [4.78, 5) is 30.0. The summed E-state index contributed by atoms with van der Waals surface area (Å²) in [7, 11) is 0. The number of nitrogens with one attached hydrogen (secondary N) is 5. The van der Waals surface area contributed by atoms with Crippen molar-refractivity contribution < 1.29 is 26.3 Å². The quantitative estimate of drug-likeness (QED) is 0.0937. The smallest absolute Gasteiger partial charge is 0.368 e. The van der Waals surface area contributed by atoms with E-state index in [4.69, 9.17) is 5.73 Å². The fourth-order valence-electron chi connectivity index (χ4n) is 4.96. The molecule has 0 radical (unpaired) electrons. The Morgan fingerprint density at radius 3 is 1.69 bits per heavy atom. The molecule has 6 aromatic heterocycles. The normalized spacial score (nSPS) is 12.0. The highest BCUT2D eigenvalue weighted by atomic mass is 19.4. The standard InChI is InChI=1S/C30H20F6N12/c31-29(32,33)21-12-42-27(37)47-25(21)45-15-6-17-19(10-40-23(17)38-8-15)20-11-41-24-18(20)7-16(9-39-24)46-28-43-13-22(30(34,35)36)26(48-28)44-14-4-2-1-3-5-14/h1-13H,(H,38,40)(H,39,41)(H3,37,42,45,47)(H2,43,44,46,48). The summed E-state index contributed by atoms with van der Waals surface area (Å²) in [6.07, 6.45) is -2.00. The van der Waals surface area contributed by atoms with Gasteiger partial charge < -0.3 is 31.7 Å². The maximum Gasteiger partial charge on any atom is 0.421 e. The largest absolute Gasteiger partial charge is 0.421 e. The van der Waals surface area contributed by atoms with Gasteiger partial charge in [-0.3, -0.25) is 0 Å². The van der Waals surface area contributed by atoms with Crippen LogP contribution >= 0.6 is 0 Å². The lowest BCUT2D eigenvalue weighted by Gasteiger charge is -2.15. The van der Waals surface area contributed by atoms with Crippen molar-refractivity contribution in [2.24, 2.45) is 0 Å². The number of nitrogen functional groups attached to an aromatic ring is 1. The number of halogens is 6. The van der Waals surface area contributed by atoms with Gasteiger partial charge >= 0.3 is 12.4 Å². The van der Waals surface area contributed by atoms with E-state index in [-0.39, 0.29) is 17.6 Å². The predicted molar refractivity (Wildman–Crippen MR) is 166 cm³/mol. The summed E-state index contributed by atoms with van der Waals surface area (Å²) >= 11 is 0. The Morgan fingerprint density at radius 1 is 0.583 bits per heavy atom. The van der Waals surface area contributed by atoms with E-state index in [1.54, 1.807) is 54.9 Å². The molecule has 0 amide bonds. The van der Waals surface area contributed by atoms with Crippen LogP contribution in [0.3, 0.4) is 0 Å². The Bertz CT molecular complexity index is 2280. The van der Waals surface area contributed by atoms with Crippen LogP contribution in [0.2, 0.25) is 0 Å². The number of aromatic amines is 2. The number of nitrogens with two attached hydrogens (primary N) is 1. The number of hydrogen-bond acceptors (Lipinski definition) is 10. The maximum atomic E-state index is 13.7. The molecule has 12 nitrogen and oxygen atoms in total.